The highest BCUT2D eigenvalue weighted by Crippen LogP contribution is 2.28. The molecule has 0 aliphatic carbocycles. The smallest absolute Gasteiger partial charge is 0.124 e. The molecule has 2 rings (SSSR count). The molecule has 2 aromatic rings. The number of hydrogen-bond donors (Lipinski definition) is 1. The highest BCUT2D eigenvalue weighted by Gasteiger charge is 2.13. The van der Waals surface area contributed by atoms with E-state index >= 15 is 0 Å². The Morgan fingerprint density at radius 3 is 2.48 bits per heavy atom. The van der Waals surface area contributed by atoms with Crippen LogP contribution < -0.4 is 10.1 Å². The predicted octanol–water partition coefficient (Wildman–Crippen LogP) is 4.95. The summed E-state index contributed by atoms with van der Waals surface area (Å²) in [5, 5.41) is 3.52. The minimum atomic E-state index is 0.362. The fraction of sp³-hybridized carbons (Fsp3) is 0.444. The first-order valence-corrected chi connectivity index (χ1v) is 8.62. The molecule has 2 nitrogen and oxygen atoms in total. The maximum Gasteiger partial charge on any atom is 0.124 e. The van der Waals surface area contributed by atoms with Crippen LogP contribution in [0.1, 0.15) is 48.6 Å². The second-order valence-corrected chi connectivity index (χ2v) is 6.32. The molecule has 1 aromatic heterocycles. The third-order valence-electron chi connectivity index (χ3n) is 3.59. The lowest BCUT2D eigenvalue weighted by molar-refractivity contribution is 0.302. The van der Waals surface area contributed by atoms with Gasteiger partial charge in [-0.15, -0.1) is 11.3 Å². The van der Waals surface area contributed by atoms with E-state index in [-0.39, 0.29) is 0 Å². The average Bonchev–Trinajstić information content (AvgIpc) is 2.99. The summed E-state index contributed by atoms with van der Waals surface area (Å²) in [5.74, 6) is 0.997. The van der Waals surface area contributed by atoms with E-state index in [0.717, 1.165) is 25.1 Å². The van der Waals surface area contributed by atoms with E-state index in [9.17, 15) is 0 Å². The normalized spacial score (nSPS) is 12.3. The Morgan fingerprint density at radius 1 is 1.05 bits per heavy atom. The molecule has 1 N–H and O–H groups in total. The van der Waals surface area contributed by atoms with Gasteiger partial charge in [-0.3, -0.25) is 0 Å². The first kappa shape index (κ1) is 16.1. The molecule has 21 heavy (non-hydrogen) atoms. The number of rotatable bonds is 8. The van der Waals surface area contributed by atoms with Gasteiger partial charge in [0.2, 0.25) is 0 Å². The molecule has 0 radical (unpaired) electrons. The van der Waals surface area contributed by atoms with Crippen molar-refractivity contribution in [3.05, 3.63) is 51.7 Å². The van der Waals surface area contributed by atoms with E-state index in [4.69, 9.17) is 4.74 Å². The van der Waals surface area contributed by atoms with Crippen molar-refractivity contribution in [2.75, 3.05) is 6.54 Å². The van der Waals surface area contributed by atoms with Crippen molar-refractivity contribution in [3.63, 3.8) is 0 Å². The van der Waals surface area contributed by atoms with Crippen LogP contribution in [0.25, 0.3) is 0 Å². The second kappa shape index (κ2) is 8.20. The number of ether oxygens (including phenoxy) is 1. The van der Waals surface area contributed by atoms with Crippen LogP contribution >= 0.6 is 11.3 Å². The Bertz CT molecular complexity index is 550. The number of benzene rings is 1. The standard InChI is InChI=1S/C18H25NOS/c1-4-14-11-12-15(21-14)13-20-18-10-8-7-9-16(18)17(5-2)19-6-3/h7-12,17,19H,4-6,13H2,1-3H3. The number of aryl methyl sites for hydroxylation is 1. The van der Waals surface area contributed by atoms with Crippen LogP contribution in [0.5, 0.6) is 5.75 Å². The van der Waals surface area contributed by atoms with Crippen molar-refractivity contribution >= 4 is 11.3 Å². The Hall–Kier alpha value is -1.32. The largest absolute Gasteiger partial charge is 0.488 e. The zero-order valence-corrected chi connectivity index (χ0v) is 14.0. The van der Waals surface area contributed by atoms with Crippen LogP contribution in [0, 0.1) is 0 Å². The summed E-state index contributed by atoms with van der Waals surface area (Å²) in [6, 6.07) is 13.1. The lowest BCUT2D eigenvalue weighted by atomic mass is 10.0. The molecule has 0 amide bonds. The van der Waals surface area contributed by atoms with Crippen molar-refractivity contribution in [1.82, 2.24) is 5.32 Å². The van der Waals surface area contributed by atoms with E-state index in [1.807, 2.05) is 17.4 Å². The molecule has 0 spiro atoms. The summed E-state index contributed by atoms with van der Waals surface area (Å²) in [6.45, 7) is 8.16. The lowest BCUT2D eigenvalue weighted by Crippen LogP contribution is -2.20. The minimum Gasteiger partial charge on any atom is -0.488 e. The zero-order chi connectivity index (χ0) is 15.1. The van der Waals surface area contributed by atoms with Crippen LogP contribution in [-0.2, 0) is 13.0 Å². The average molecular weight is 303 g/mol. The van der Waals surface area contributed by atoms with E-state index in [2.05, 4.69) is 56.4 Å². The first-order valence-electron chi connectivity index (χ1n) is 7.81. The molecule has 0 bridgehead atoms. The summed E-state index contributed by atoms with van der Waals surface area (Å²) in [6.07, 6.45) is 2.16. The number of hydrogen-bond acceptors (Lipinski definition) is 3. The maximum absolute atomic E-state index is 6.08. The number of nitrogens with one attached hydrogen (secondary N) is 1. The minimum absolute atomic E-state index is 0.362. The topological polar surface area (TPSA) is 21.3 Å². The molecular formula is C18H25NOS. The fourth-order valence-electron chi connectivity index (χ4n) is 2.46. The third kappa shape index (κ3) is 4.32. The van der Waals surface area contributed by atoms with Gasteiger partial charge in [0.15, 0.2) is 0 Å². The van der Waals surface area contributed by atoms with Gasteiger partial charge in [-0.2, -0.15) is 0 Å². The van der Waals surface area contributed by atoms with Gasteiger partial charge >= 0.3 is 0 Å². The predicted molar refractivity (Wildman–Crippen MR) is 91.2 cm³/mol. The number of thiophene rings is 1. The van der Waals surface area contributed by atoms with Crippen molar-refractivity contribution in [1.29, 1.82) is 0 Å². The molecule has 1 unspecified atom stereocenters. The van der Waals surface area contributed by atoms with Crippen molar-refractivity contribution in [2.24, 2.45) is 0 Å². The summed E-state index contributed by atoms with van der Waals surface area (Å²) in [4.78, 5) is 2.71. The molecule has 1 heterocycles. The Labute approximate surface area is 132 Å². The molecule has 1 aromatic carbocycles. The van der Waals surface area contributed by atoms with E-state index in [1.165, 1.54) is 15.3 Å². The molecule has 0 saturated carbocycles. The Balaban J connectivity index is 2.08. The zero-order valence-electron chi connectivity index (χ0n) is 13.2. The molecule has 0 saturated heterocycles. The van der Waals surface area contributed by atoms with Gasteiger partial charge in [0, 0.05) is 21.4 Å². The van der Waals surface area contributed by atoms with Gasteiger partial charge in [-0.05, 0) is 37.6 Å². The lowest BCUT2D eigenvalue weighted by Gasteiger charge is -2.19. The summed E-state index contributed by atoms with van der Waals surface area (Å²) in [7, 11) is 0. The molecule has 0 fully saturated rings. The first-order chi connectivity index (χ1) is 10.3. The fourth-order valence-corrected chi connectivity index (χ4v) is 3.33. The second-order valence-electron chi connectivity index (χ2n) is 5.07. The van der Waals surface area contributed by atoms with Crippen LogP contribution in [0.4, 0.5) is 0 Å². The summed E-state index contributed by atoms with van der Waals surface area (Å²) >= 11 is 1.84. The Morgan fingerprint density at radius 2 is 1.81 bits per heavy atom. The quantitative estimate of drug-likeness (QED) is 0.745. The molecule has 3 heteroatoms. The third-order valence-corrected chi connectivity index (χ3v) is 4.79. The monoisotopic (exact) mass is 303 g/mol. The summed E-state index contributed by atoms with van der Waals surface area (Å²) < 4.78 is 6.08. The van der Waals surface area contributed by atoms with Crippen molar-refractivity contribution in [2.45, 2.75) is 46.3 Å². The highest BCUT2D eigenvalue weighted by molar-refractivity contribution is 7.11. The Kier molecular flexibility index (Phi) is 6.27. The van der Waals surface area contributed by atoms with Gasteiger partial charge in [-0.25, -0.2) is 0 Å². The van der Waals surface area contributed by atoms with Crippen LogP contribution in [0.15, 0.2) is 36.4 Å². The van der Waals surface area contributed by atoms with Gasteiger partial charge < -0.3 is 10.1 Å². The van der Waals surface area contributed by atoms with Crippen LogP contribution in [-0.4, -0.2) is 6.54 Å². The molecule has 1 atom stereocenters. The van der Waals surface area contributed by atoms with Gasteiger partial charge in [0.1, 0.15) is 12.4 Å². The van der Waals surface area contributed by atoms with Gasteiger partial charge in [0.05, 0.1) is 0 Å². The van der Waals surface area contributed by atoms with Crippen molar-refractivity contribution < 1.29 is 4.74 Å². The number of para-hydroxylation sites is 1. The van der Waals surface area contributed by atoms with Gasteiger partial charge in [0.25, 0.3) is 0 Å². The van der Waals surface area contributed by atoms with Crippen LogP contribution in [0.3, 0.4) is 0 Å². The highest BCUT2D eigenvalue weighted by atomic mass is 32.1. The molecule has 0 aliphatic rings. The van der Waals surface area contributed by atoms with Gasteiger partial charge in [-0.1, -0.05) is 39.0 Å². The molecular weight excluding hydrogens is 278 g/mol. The van der Waals surface area contributed by atoms with E-state index < -0.39 is 0 Å². The van der Waals surface area contributed by atoms with Crippen molar-refractivity contribution in [3.8, 4) is 5.75 Å². The van der Waals surface area contributed by atoms with E-state index in [1.54, 1.807) is 0 Å². The van der Waals surface area contributed by atoms with Crippen LogP contribution in [0.2, 0.25) is 0 Å². The maximum atomic E-state index is 6.08. The SMILES string of the molecule is CCNC(CC)c1ccccc1OCc1ccc(CC)s1. The van der Waals surface area contributed by atoms with E-state index in [0.29, 0.717) is 12.6 Å². The molecule has 0 aliphatic heterocycles. The summed E-state index contributed by atoms with van der Waals surface area (Å²) in [5.41, 5.74) is 1.26. The molecule has 114 valence electrons.